The second-order valence-corrected chi connectivity index (χ2v) is 12.2. The molecule has 1 aliphatic carbocycles. The van der Waals surface area contributed by atoms with Gasteiger partial charge in [-0.05, 0) is 65.0 Å². The van der Waals surface area contributed by atoms with Gasteiger partial charge in [0, 0.05) is 31.1 Å². The van der Waals surface area contributed by atoms with E-state index < -0.39 is 19.9 Å². The molecule has 10 heteroatoms. The first-order chi connectivity index (χ1) is 18.5. The van der Waals surface area contributed by atoms with E-state index in [0.29, 0.717) is 32.5 Å². The van der Waals surface area contributed by atoms with E-state index in [2.05, 4.69) is 48.5 Å². The smallest absolute Gasteiger partial charge is 0.317 e. The maximum atomic E-state index is 12.8. The van der Waals surface area contributed by atoms with Crippen molar-refractivity contribution in [1.82, 2.24) is 14.7 Å². The van der Waals surface area contributed by atoms with Crippen molar-refractivity contribution in [2.24, 2.45) is 0 Å². The van der Waals surface area contributed by atoms with Crippen molar-refractivity contribution < 1.29 is 28.4 Å². The normalized spacial score (nSPS) is 18.4. The number of hydrogen-bond donors (Lipinski definition) is 1. The average Bonchev–Trinajstić information content (AvgIpc) is 2.90. The first kappa shape index (κ1) is 31.4. The zero-order chi connectivity index (χ0) is 28.5. The van der Waals surface area contributed by atoms with E-state index in [4.69, 9.17) is 14.2 Å². The lowest BCUT2D eigenvalue weighted by atomic mass is 9.65. The summed E-state index contributed by atoms with van der Waals surface area (Å²) in [6.07, 6.45) is 2.38. The number of phosphoric acid groups is 1. The standard InChI is InChI=1S/C29H44N3O6P/c1-30(2)26(21-31(3)19-20-32(4)22-28(33)34)23-37-39(35,36)38-27-15-17-29(18-16-27,24-11-7-5-8-12-24)25-13-9-6-10-14-25/h5-14,26-27H,15-23H2,1-4H3,(H,33,34)(H,35,36)/p-1. The Kier molecular flexibility index (Phi) is 11.7. The van der Waals surface area contributed by atoms with Gasteiger partial charge >= 0.3 is 5.97 Å². The van der Waals surface area contributed by atoms with Crippen LogP contribution in [0.15, 0.2) is 60.7 Å². The molecule has 0 saturated heterocycles. The lowest BCUT2D eigenvalue weighted by Crippen LogP contribution is -2.44. The number of rotatable bonds is 15. The van der Waals surface area contributed by atoms with Crippen LogP contribution in [0.25, 0.3) is 0 Å². The van der Waals surface area contributed by atoms with Crippen LogP contribution in [-0.4, -0.2) is 98.9 Å². The van der Waals surface area contributed by atoms with Crippen LogP contribution in [0.5, 0.6) is 0 Å². The minimum absolute atomic E-state index is 0.0201. The van der Waals surface area contributed by atoms with E-state index in [1.807, 2.05) is 43.1 Å². The second-order valence-electron chi connectivity index (χ2n) is 10.9. The largest absolute Gasteiger partial charge is 0.756 e. The number of likely N-dealkylation sites (N-methyl/N-ethyl adjacent to an activating group) is 3. The van der Waals surface area contributed by atoms with Crippen molar-refractivity contribution in [1.29, 1.82) is 0 Å². The summed E-state index contributed by atoms with van der Waals surface area (Å²) in [6.45, 7) is 1.75. The Labute approximate surface area is 232 Å². The SMILES string of the molecule is CN(CCN(C)CC(COP(=O)([O-])OC1CCC(c2ccccc2)(c2ccccc2)CC1)N(C)C)CC(=O)O. The number of benzene rings is 2. The van der Waals surface area contributed by atoms with Gasteiger partial charge in [-0.25, -0.2) is 0 Å². The van der Waals surface area contributed by atoms with Crippen LogP contribution in [0, 0.1) is 0 Å². The lowest BCUT2D eigenvalue weighted by Gasteiger charge is -2.42. The van der Waals surface area contributed by atoms with E-state index >= 15 is 0 Å². The highest BCUT2D eigenvalue weighted by Crippen LogP contribution is 2.49. The Morgan fingerprint density at radius 3 is 1.97 bits per heavy atom. The molecule has 0 heterocycles. The molecule has 1 N–H and O–H groups in total. The highest BCUT2D eigenvalue weighted by molar-refractivity contribution is 7.45. The number of phosphoric ester groups is 1. The van der Waals surface area contributed by atoms with Crippen LogP contribution < -0.4 is 4.89 Å². The molecule has 2 aromatic carbocycles. The molecule has 0 radical (unpaired) electrons. The van der Waals surface area contributed by atoms with Crippen molar-refractivity contribution >= 4 is 13.8 Å². The van der Waals surface area contributed by atoms with Crippen LogP contribution in [0.4, 0.5) is 0 Å². The van der Waals surface area contributed by atoms with Gasteiger partial charge in [0.2, 0.25) is 0 Å². The van der Waals surface area contributed by atoms with Gasteiger partial charge in [0.15, 0.2) is 0 Å². The fourth-order valence-electron chi connectivity index (χ4n) is 5.31. The first-order valence-electron chi connectivity index (χ1n) is 13.5. The topological polar surface area (TPSA) is 106 Å². The number of aliphatic carboxylic acids is 1. The molecule has 0 aromatic heterocycles. The predicted molar refractivity (Wildman–Crippen MR) is 151 cm³/mol. The van der Waals surface area contributed by atoms with E-state index in [1.165, 1.54) is 11.1 Å². The Balaban J connectivity index is 1.54. The van der Waals surface area contributed by atoms with Gasteiger partial charge in [-0.2, -0.15) is 0 Å². The van der Waals surface area contributed by atoms with Gasteiger partial charge in [-0.15, -0.1) is 0 Å². The molecule has 2 atom stereocenters. The highest BCUT2D eigenvalue weighted by atomic mass is 31.2. The summed E-state index contributed by atoms with van der Waals surface area (Å²) in [7, 11) is 2.94. The van der Waals surface area contributed by atoms with Crippen LogP contribution in [0.3, 0.4) is 0 Å². The predicted octanol–water partition coefficient (Wildman–Crippen LogP) is 3.30. The van der Waals surface area contributed by atoms with E-state index in [0.717, 1.165) is 12.8 Å². The molecule has 2 aromatic rings. The van der Waals surface area contributed by atoms with E-state index in [-0.39, 0.29) is 24.6 Å². The van der Waals surface area contributed by atoms with E-state index in [1.54, 1.807) is 11.9 Å². The summed E-state index contributed by atoms with van der Waals surface area (Å²) in [5.74, 6) is -0.866. The van der Waals surface area contributed by atoms with Crippen molar-refractivity contribution in [3.63, 3.8) is 0 Å². The molecule has 0 spiro atoms. The van der Waals surface area contributed by atoms with Gasteiger partial charge in [0.25, 0.3) is 7.82 Å². The Bertz CT molecular complexity index is 1020. The van der Waals surface area contributed by atoms with Crippen molar-refractivity contribution in [3.8, 4) is 0 Å². The summed E-state index contributed by atoms with van der Waals surface area (Å²) in [4.78, 5) is 29.4. The summed E-state index contributed by atoms with van der Waals surface area (Å²) in [6, 6.07) is 20.7. The first-order valence-corrected chi connectivity index (χ1v) is 15.0. The van der Waals surface area contributed by atoms with Crippen molar-refractivity contribution in [2.45, 2.75) is 43.2 Å². The number of carboxylic acid groups (broad SMARTS) is 1. The molecule has 3 rings (SSSR count). The zero-order valence-electron chi connectivity index (χ0n) is 23.6. The molecular formula is C29H43N3O6P-. The third-order valence-electron chi connectivity index (χ3n) is 7.66. The third kappa shape index (κ3) is 9.50. The van der Waals surface area contributed by atoms with Gasteiger partial charge in [0.05, 0.1) is 19.3 Å². The van der Waals surface area contributed by atoms with Crippen LogP contribution in [0.1, 0.15) is 36.8 Å². The average molecular weight is 561 g/mol. The lowest BCUT2D eigenvalue weighted by molar-refractivity contribution is -0.231. The quantitative estimate of drug-likeness (QED) is 0.329. The van der Waals surface area contributed by atoms with Gasteiger partial charge < -0.3 is 28.8 Å². The van der Waals surface area contributed by atoms with Crippen LogP contribution in [0.2, 0.25) is 0 Å². The fourth-order valence-corrected chi connectivity index (χ4v) is 6.30. The summed E-state index contributed by atoms with van der Waals surface area (Å²) >= 11 is 0. The molecular weight excluding hydrogens is 517 g/mol. The number of carbonyl (C=O) groups is 1. The summed E-state index contributed by atoms with van der Waals surface area (Å²) < 4.78 is 23.8. The van der Waals surface area contributed by atoms with E-state index in [9.17, 15) is 14.3 Å². The number of nitrogens with zero attached hydrogens (tertiary/aromatic N) is 3. The Morgan fingerprint density at radius 2 is 1.49 bits per heavy atom. The van der Waals surface area contributed by atoms with Crippen molar-refractivity contribution in [2.75, 3.05) is 61.0 Å². The van der Waals surface area contributed by atoms with Gasteiger partial charge in [-0.1, -0.05) is 60.7 Å². The molecule has 0 bridgehead atoms. The monoisotopic (exact) mass is 560 g/mol. The van der Waals surface area contributed by atoms with Gasteiger partial charge in [-0.3, -0.25) is 14.3 Å². The molecule has 1 saturated carbocycles. The maximum Gasteiger partial charge on any atom is 0.317 e. The summed E-state index contributed by atoms with van der Waals surface area (Å²) in [5, 5.41) is 8.91. The fraction of sp³-hybridized carbons (Fsp3) is 0.552. The van der Waals surface area contributed by atoms with Gasteiger partial charge in [0.1, 0.15) is 0 Å². The molecule has 216 valence electrons. The molecule has 9 nitrogen and oxygen atoms in total. The highest BCUT2D eigenvalue weighted by Gasteiger charge is 2.39. The number of hydrogen-bond acceptors (Lipinski definition) is 8. The second kappa shape index (κ2) is 14.5. The number of carboxylic acids is 1. The molecule has 0 aliphatic heterocycles. The molecule has 2 unspecified atom stereocenters. The van der Waals surface area contributed by atoms with Crippen LogP contribution >= 0.6 is 7.82 Å². The third-order valence-corrected chi connectivity index (χ3v) is 8.69. The minimum atomic E-state index is -4.50. The molecule has 1 fully saturated rings. The molecule has 39 heavy (non-hydrogen) atoms. The Morgan fingerprint density at radius 1 is 0.974 bits per heavy atom. The zero-order valence-corrected chi connectivity index (χ0v) is 24.5. The maximum absolute atomic E-state index is 12.8. The molecule has 1 aliphatic rings. The van der Waals surface area contributed by atoms with Crippen molar-refractivity contribution in [3.05, 3.63) is 71.8 Å². The minimum Gasteiger partial charge on any atom is -0.756 e. The Hall–Kier alpha value is -2.10. The molecule has 0 amide bonds. The summed E-state index contributed by atoms with van der Waals surface area (Å²) in [5.41, 5.74) is 2.31. The van der Waals surface area contributed by atoms with Crippen LogP contribution in [-0.2, 0) is 23.8 Å².